The molecule has 10 heteroatoms. The van der Waals surface area contributed by atoms with Gasteiger partial charge in [0.15, 0.2) is 18.0 Å². The zero-order valence-electron chi connectivity index (χ0n) is 17.6. The molecule has 0 aliphatic carbocycles. The summed E-state index contributed by atoms with van der Waals surface area (Å²) in [6.07, 6.45) is 1.40. The molecule has 0 atom stereocenters. The van der Waals surface area contributed by atoms with Crippen molar-refractivity contribution < 1.29 is 18.7 Å². The summed E-state index contributed by atoms with van der Waals surface area (Å²) in [5.41, 5.74) is 3.19. The van der Waals surface area contributed by atoms with E-state index in [0.29, 0.717) is 27.9 Å². The number of rotatable bonds is 6. The summed E-state index contributed by atoms with van der Waals surface area (Å²) in [6, 6.07) is 9.78. The topological polar surface area (TPSA) is 111 Å². The van der Waals surface area contributed by atoms with Gasteiger partial charge in [0.25, 0.3) is 11.8 Å². The van der Waals surface area contributed by atoms with E-state index < -0.39 is 11.8 Å². The van der Waals surface area contributed by atoms with Crippen LogP contribution >= 0.6 is 11.6 Å². The van der Waals surface area contributed by atoms with Gasteiger partial charge in [0.05, 0.1) is 23.0 Å². The van der Waals surface area contributed by atoms with E-state index in [2.05, 4.69) is 20.7 Å². The van der Waals surface area contributed by atoms with Crippen molar-refractivity contribution in [3.8, 4) is 5.88 Å². The SMILES string of the molecule is Cc1cc(C)c2c(OCC(=O)Nc3ccc(Cl)cc3NC(=O)c3ccco3)nn(C)c2n1. The summed E-state index contributed by atoms with van der Waals surface area (Å²) in [6.45, 7) is 3.56. The van der Waals surface area contributed by atoms with Crippen LogP contribution in [0.3, 0.4) is 0 Å². The zero-order chi connectivity index (χ0) is 22.8. The monoisotopic (exact) mass is 453 g/mol. The van der Waals surface area contributed by atoms with Gasteiger partial charge < -0.3 is 19.8 Å². The fraction of sp³-hybridized carbons (Fsp3) is 0.182. The molecule has 2 amide bonds. The number of benzene rings is 1. The molecule has 4 rings (SSSR count). The first-order valence-corrected chi connectivity index (χ1v) is 10.1. The van der Waals surface area contributed by atoms with Gasteiger partial charge in [-0.2, -0.15) is 0 Å². The first-order chi connectivity index (χ1) is 15.3. The number of nitrogens with zero attached hydrogens (tertiary/aromatic N) is 3. The summed E-state index contributed by atoms with van der Waals surface area (Å²) in [5, 5.41) is 10.9. The number of nitrogens with one attached hydrogen (secondary N) is 2. The van der Waals surface area contributed by atoms with Crippen molar-refractivity contribution >= 4 is 45.8 Å². The molecule has 0 unspecified atom stereocenters. The van der Waals surface area contributed by atoms with Crippen LogP contribution in [0.25, 0.3) is 11.0 Å². The third kappa shape index (κ3) is 4.42. The van der Waals surface area contributed by atoms with Gasteiger partial charge in [0.2, 0.25) is 5.88 Å². The minimum absolute atomic E-state index is 0.131. The Balaban J connectivity index is 1.48. The van der Waals surface area contributed by atoms with Gasteiger partial charge in [-0.15, -0.1) is 5.10 Å². The Morgan fingerprint density at radius 1 is 1.16 bits per heavy atom. The standard InChI is InChI=1S/C22H20ClN5O4/c1-12-9-13(2)24-20-19(12)22(27-28(20)3)32-11-18(29)25-15-7-6-14(23)10-16(15)26-21(30)17-5-4-8-31-17/h4-10H,11H2,1-3H3,(H,25,29)(H,26,30). The maximum Gasteiger partial charge on any atom is 0.291 e. The van der Waals surface area contributed by atoms with E-state index in [-0.39, 0.29) is 12.4 Å². The molecule has 0 aliphatic rings. The number of aromatic nitrogens is 3. The van der Waals surface area contributed by atoms with Crippen molar-refractivity contribution in [2.45, 2.75) is 13.8 Å². The maximum absolute atomic E-state index is 12.6. The van der Waals surface area contributed by atoms with Crippen LogP contribution in [0.4, 0.5) is 11.4 Å². The van der Waals surface area contributed by atoms with E-state index in [4.69, 9.17) is 20.8 Å². The minimum Gasteiger partial charge on any atom is -0.466 e. The molecular formula is C22H20ClN5O4. The second-order valence-electron chi connectivity index (χ2n) is 7.17. The summed E-state index contributed by atoms with van der Waals surface area (Å²) in [4.78, 5) is 29.4. The normalized spacial score (nSPS) is 10.9. The molecule has 4 aromatic rings. The quantitative estimate of drug-likeness (QED) is 0.454. The number of furan rings is 1. The van der Waals surface area contributed by atoms with E-state index in [1.807, 2.05) is 19.9 Å². The van der Waals surface area contributed by atoms with Crippen LogP contribution in [0.2, 0.25) is 5.02 Å². The number of amides is 2. The number of carbonyl (C=O) groups is 2. The van der Waals surface area contributed by atoms with E-state index in [1.165, 1.54) is 18.4 Å². The highest BCUT2D eigenvalue weighted by atomic mass is 35.5. The Bertz CT molecular complexity index is 1310. The van der Waals surface area contributed by atoms with Crippen molar-refractivity contribution in [3.05, 3.63) is 64.7 Å². The summed E-state index contributed by atoms with van der Waals surface area (Å²) in [5.74, 6) is -0.448. The predicted octanol–water partition coefficient (Wildman–Crippen LogP) is 4.10. The molecule has 164 valence electrons. The van der Waals surface area contributed by atoms with Gasteiger partial charge in [-0.25, -0.2) is 9.67 Å². The highest BCUT2D eigenvalue weighted by Crippen LogP contribution is 2.28. The lowest BCUT2D eigenvalue weighted by atomic mass is 10.2. The smallest absolute Gasteiger partial charge is 0.291 e. The molecule has 0 aliphatic heterocycles. The molecule has 0 saturated carbocycles. The van der Waals surface area contributed by atoms with Crippen LogP contribution in [0.15, 0.2) is 47.1 Å². The maximum atomic E-state index is 12.6. The predicted molar refractivity (Wildman–Crippen MR) is 120 cm³/mol. The minimum atomic E-state index is -0.470. The molecule has 3 heterocycles. The van der Waals surface area contributed by atoms with Crippen LogP contribution in [-0.4, -0.2) is 33.2 Å². The first-order valence-electron chi connectivity index (χ1n) is 9.70. The summed E-state index contributed by atoms with van der Waals surface area (Å²) in [7, 11) is 1.77. The number of hydrogen-bond donors (Lipinski definition) is 2. The Labute approximate surface area is 188 Å². The van der Waals surface area contributed by atoms with E-state index in [9.17, 15) is 9.59 Å². The van der Waals surface area contributed by atoms with Gasteiger partial charge in [-0.1, -0.05) is 11.6 Å². The number of carbonyl (C=O) groups excluding carboxylic acids is 2. The lowest BCUT2D eigenvalue weighted by molar-refractivity contribution is -0.118. The molecule has 9 nitrogen and oxygen atoms in total. The largest absolute Gasteiger partial charge is 0.466 e. The Morgan fingerprint density at radius 3 is 2.72 bits per heavy atom. The van der Waals surface area contributed by atoms with Crippen molar-refractivity contribution in [2.24, 2.45) is 7.05 Å². The molecule has 0 fully saturated rings. The molecule has 0 radical (unpaired) electrons. The fourth-order valence-corrected chi connectivity index (χ4v) is 3.46. The van der Waals surface area contributed by atoms with E-state index >= 15 is 0 Å². The Kier molecular flexibility index (Phi) is 5.83. The molecule has 0 spiro atoms. The van der Waals surface area contributed by atoms with Crippen LogP contribution < -0.4 is 15.4 Å². The molecule has 0 bridgehead atoms. The first kappa shape index (κ1) is 21.4. The molecule has 32 heavy (non-hydrogen) atoms. The van der Waals surface area contributed by atoms with Crippen LogP contribution in [0, 0.1) is 13.8 Å². The number of hydrogen-bond acceptors (Lipinski definition) is 6. The Morgan fingerprint density at radius 2 is 1.97 bits per heavy atom. The summed E-state index contributed by atoms with van der Waals surface area (Å²) < 4.78 is 12.4. The number of fused-ring (bicyclic) bond motifs is 1. The molecule has 1 aromatic carbocycles. The van der Waals surface area contributed by atoms with Crippen molar-refractivity contribution in [2.75, 3.05) is 17.2 Å². The summed E-state index contributed by atoms with van der Waals surface area (Å²) >= 11 is 6.06. The van der Waals surface area contributed by atoms with Crippen LogP contribution in [-0.2, 0) is 11.8 Å². The fourth-order valence-electron chi connectivity index (χ4n) is 3.29. The van der Waals surface area contributed by atoms with E-state index in [0.717, 1.165) is 16.6 Å². The molecule has 3 aromatic heterocycles. The lowest BCUT2D eigenvalue weighted by Crippen LogP contribution is -2.22. The highest BCUT2D eigenvalue weighted by Gasteiger charge is 2.17. The van der Waals surface area contributed by atoms with Crippen molar-refractivity contribution in [1.29, 1.82) is 0 Å². The Hall–Kier alpha value is -3.85. The van der Waals surface area contributed by atoms with Crippen molar-refractivity contribution in [1.82, 2.24) is 14.8 Å². The molecular weight excluding hydrogens is 434 g/mol. The second-order valence-corrected chi connectivity index (χ2v) is 7.60. The van der Waals surface area contributed by atoms with Gasteiger partial charge in [-0.3, -0.25) is 9.59 Å². The van der Waals surface area contributed by atoms with Crippen molar-refractivity contribution in [3.63, 3.8) is 0 Å². The van der Waals surface area contributed by atoms with Gasteiger partial charge in [0, 0.05) is 17.8 Å². The molecule has 0 saturated heterocycles. The zero-order valence-corrected chi connectivity index (χ0v) is 18.4. The third-order valence-corrected chi connectivity index (χ3v) is 4.91. The number of anilines is 2. The van der Waals surface area contributed by atoms with Gasteiger partial charge >= 0.3 is 0 Å². The lowest BCUT2D eigenvalue weighted by Gasteiger charge is -2.12. The number of ether oxygens (including phenoxy) is 1. The third-order valence-electron chi connectivity index (χ3n) is 4.68. The molecule has 2 N–H and O–H groups in total. The number of pyridine rings is 1. The highest BCUT2D eigenvalue weighted by molar-refractivity contribution is 6.31. The average Bonchev–Trinajstić information content (AvgIpc) is 3.37. The second kappa shape index (κ2) is 8.72. The average molecular weight is 454 g/mol. The number of aryl methyl sites for hydroxylation is 3. The van der Waals surface area contributed by atoms with Crippen LogP contribution in [0.1, 0.15) is 21.8 Å². The number of halogens is 1. The van der Waals surface area contributed by atoms with Gasteiger partial charge in [0.1, 0.15) is 0 Å². The van der Waals surface area contributed by atoms with Crippen LogP contribution in [0.5, 0.6) is 5.88 Å². The van der Waals surface area contributed by atoms with Gasteiger partial charge in [-0.05, 0) is 55.8 Å². The van der Waals surface area contributed by atoms with E-state index in [1.54, 1.807) is 29.9 Å².